The van der Waals surface area contributed by atoms with Gasteiger partial charge in [-0.15, -0.1) is 0 Å². The minimum absolute atomic E-state index is 0.0131. The monoisotopic (exact) mass is 278 g/mol. The number of rotatable bonds is 3. The summed E-state index contributed by atoms with van der Waals surface area (Å²) in [6.07, 6.45) is -4.81. The Bertz CT molecular complexity index is 381. The molecule has 4 nitrogen and oxygen atoms in total. The van der Waals surface area contributed by atoms with Crippen LogP contribution in [-0.4, -0.2) is 54.0 Å². The molecule has 108 valence electrons. The number of hydrogen-bond donors (Lipinski definition) is 0. The lowest BCUT2D eigenvalue weighted by atomic mass is 10.2. The number of fused-ring (bicyclic) bond motifs is 1. The van der Waals surface area contributed by atoms with Crippen molar-refractivity contribution in [2.45, 2.75) is 20.0 Å². The van der Waals surface area contributed by atoms with Gasteiger partial charge in [0.25, 0.3) is 0 Å². The molecule has 0 aromatic heterocycles. The molecule has 0 aromatic carbocycles. The van der Waals surface area contributed by atoms with Crippen molar-refractivity contribution in [1.29, 1.82) is 0 Å². The molecule has 3 atom stereocenters. The molecule has 1 aliphatic carbocycles. The van der Waals surface area contributed by atoms with Gasteiger partial charge in [0, 0.05) is 32.1 Å². The molecule has 19 heavy (non-hydrogen) atoms. The van der Waals surface area contributed by atoms with Gasteiger partial charge in [-0.1, -0.05) is 0 Å². The Kier molecular flexibility index (Phi) is 3.49. The highest BCUT2D eigenvalue weighted by atomic mass is 19.4. The predicted octanol–water partition coefficient (Wildman–Crippen LogP) is 1.12. The molecule has 0 aromatic rings. The van der Waals surface area contributed by atoms with Crippen molar-refractivity contribution in [2.75, 3.05) is 26.2 Å². The number of amides is 2. The van der Waals surface area contributed by atoms with Crippen LogP contribution in [0.1, 0.15) is 13.8 Å². The van der Waals surface area contributed by atoms with Gasteiger partial charge < -0.3 is 9.80 Å². The fourth-order valence-corrected chi connectivity index (χ4v) is 2.98. The van der Waals surface area contributed by atoms with Crippen molar-refractivity contribution in [3.63, 3.8) is 0 Å². The molecule has 0 N–H and O–H groups in total. The molecule has 1 saturated heterocycles. The van der Waals surface area contributed by atoms with Crippen LogP contribution in [0, 0.1) is 17.8 Å². The molecule has 0 spiro atoms. The summed E-state index contributed by atoms with van der Waals surface area (Å²) in [6, 6.07) is 0. The molecule has 0 radical (unpaired) electrons. The standard InChI is InChI=1S/C12H17F3N2O2/c1-3-16(4-2)10(18)9-7-5-17(6-8(7)9)11(19)12(13,14)15/h7-9H,3-6H2,1-2H3/t7-,8+,9?. The third kappa shape index (κ3) is 2.42. The maximum Gasteiger partial charge on any atom is 0.471 e. The van der Waals surface area contributed by atoms with Gasteiger partial charge in [-0.05, 0) is 25.7 Å². The first kappa shape index (κ1) is 14.1. The van der Waals surface area contributed by atoms with Crippen LogP contribution in [0.25, 0.3) is 0 Å². The normalized spacial score (nSPS) is 29.1. The highest BCUT2D eigenvalue weighted by Crippen LogP contribution is 2.53. The number of halogens is 3. The summed E-state index contributed by atoms with van der Waals surface area (Å²) in [7, 11) is 0. The predicted molar refractivity (Wildman–Crippen MR) is 61.0 cm³/mol. The molecule has 1 saturated carbocycles. The third-order valence-corrected chi connectivity index (χ3v) is 4.08. The van der Waals surface area contributed by atoms with Gasteiger partial charge in [-0.2, -0.15) is 13.2 Å². The maximum absolute atomic E-state index is 12.3. The fraction of sp³-hybridized carbons (Fsp3) is 0.833. The number of likely N-dealkylation sites (tertiary alicyclic amines) is 1. The molecular formula is C12H17F3N2O2. The Labute approximate surface area is 109 Å². The van der Waals surface area contributed by atoms with E-state index in [1.165, 1.54) is 0 Å². The van der Waals surface area contributed by atoms with Crippen molar-refractivity contribution >= 4 is 11.8 Å². The first-order chi connectivity index (χ1) is 8.81. The summed E-state index contributed by atoms with van der Waals surface area (Å²) < 4.78 is 36.8. The number of hydrogen-bond acceptors (Lipinski definition) is 2. The summed E-state index contributed by atoms with van der Waals surface area (Å²) in [4.78, 5) is 25.6. The number of carbonyl (C=O) groups is 2. The summed E-state index contributed by atoms with van der Waals surface area (Å²) in [5.41, 5.74) is 0. The van der Waals surface area contributed by atoms with Crippen molar-refractivity contribution in [1.82, 2.24) is 9.80 Å². The fourth-order valence-electron chi connectivity index (χ4n) is 2.98. The van der Waals surface area contributed by atoms with Crippen molar-refractivity contribution < 1.29 is 22.8 Å². The molecule has 7 heteroatoms. The molecule has 2 amide bonds. The maximum atomic E-state index is 12.3. The van der Waals surface area contributed by atoms with E-state index in [1.807, 2.05) is 13.8 Å². The van der Waals surface area contributed by atoms with Crippen LogP contribution in [0.15, 0.2) is 0 Å². The summed E-state index contributed by atoms with van der Waals surface area (Å²) in [5, 5.41) is 0. The largest absolute Gasteiger partial charge is 0.471 e. The average Bonchev–Trinajstić information content (AvgIpc) is 2.83. The lowest BCUT2D eigenvalue weighted by Gasteiger charge is -2.23. The molecule has 2 aliphatic rings. The quantitative estimate of drug-likeness (QED) is 0.776. The SMILES string of the molecule is CCN(CC)C(=O)C1[C@H]2CN(C(=O)C(F)(F)F)C[C@@H]12. The molecule has 1 unspecified atom stereocenters. The highest BCUT2D eigenvalue weighted by Gasteiger charge is 2.62. The first-order valence-corrected chi connectivity index (χ1v) is 6.46. The van der Waals surface area contributed by atoms with Crippen LogP contribution in [-0.2, 0) is 9.59 Å². The summed E-state index contributed by atoms with van der Waals surface area (Å²) >= 11 is 0. The van der Waals surface area contributed by atoms with E-state index in [4.69, 9.17) is 0 Å². The average molecular weight is 278 g/mol. The highest BCUT2D eigenvalue weighted by molar-refractivity contribution is 5.85. The van der Waals surface area contributed by atoms with E-state index in [-0.39, 0.29) is 36.8 Å². The van der Waals surface area contributed by atoms with Crippen LogP contribution < -0.4 is 0 Å². The van der Waals surface area contributed by atoms with Gasteiger partial charge in [-0.3, -0.25) is 9.59 Å². The topological polar surface area (TPSA) is 40.6 Å². The Morgan fingerprint density at radius 3 is 2.00 bits per heavy atom. The van der Waals surface area contributed by atoms with Gasteiger partial charge in [-0.25, -0.2) is 0 Å². The van der Waals surface area contributed by atoms with E-state index in [9.17, 15) is 22.8 Å². The zero-order valence-electron chi connectivity index (χ0n) is 10.9. The van der Waals surface area contributed by atoms with Gasteiger partial charge in [0.1, 0.15) is 0 Å². The Balaban J connectivity index is 1.91. The lowest BCUT2D eigenvalue weighted by Crippen LogP contribution is -2.42. The van der Waals surface area contributed by atoms with Crippen LogP contribution >= 0.6 is 0 Å². The molecule has 2 rings (SSSR count). The molecular weight excluding hydrogens is 261 g/mol. The second-order valence-corrected chi connectivity index (χ2v) is 5.07. The molecule has 0 bridgehead atoms. The van der Waals surface area contributed by atoms with E-state index in [0.717, 1.165) is 4.90 Å². The third-order valence-electron chi connectivity index (χ3n) is 4.08. The zero-order chi connectivity index (χ0) is 14.4. The van der Waals surface area contributed by atoms with Crippen molar-refractivity contribution in [3.05, 3.63) is 0 Å². The van der Waals surface area contributed by atoms with Crippen LogP contribution in [0.3, 0.4) is 0 Å². The van der Waals surface area contributed by atoms with Crippen LogP contribution in [0.2, 0.25) is 0 Å². The second kappa shape index (κ2) is 4.68. The molecule has 2 fully saturated rings. The minimum atomic E-state index is -4.81. The zero-order valence-corrected chi connectivity index (χ0v) is 10.9. The number of alkyl halides is 3. The molecule has 1 heterocycles. The molecule has 1 aliphatic heterocycles. The van der Waals surface area contributed by atoms with E-state index in [0.29, 0.717) is 13.1 Å². The number of nitrogens with zero attached hydrogens (tertiary/aromatic N) is 2. The summed E-state index contributed by atoms with van der Waals surface area (Å²) in [6.45, 7) is 5.08. The second-order valence-electron chi connectivity index (χ2n) is 5.07. The van der Waals surface area contributed by atoms with Crippen LogP contribution in [0.4, 0.5) is 13.2 Å². The summed E-state index contributed by atoms with van der Waals surface area (Å²) in [5.74, 6) is -2.12. The minimum Gasteiger partial charge on any atom is -0.343 e. The van der Waals surface area contributed by atoms with E-state index in [2.05, 4.69) is 0 Å². The van der Waals surface area contributed by atoms with E-state index in [1.54, 1.807) is 4.90 Å². The van der Waals surface area contributed by atoms with Gasteiger partial charge in [0.2, 0.25) is 5.91 Å². The number of piperidine rings is 1. The Hall–Kier alpha value is -1.27. The van der Waals surface area contributed by atoms with Crippen molar-refractivity contribution in [3.8, 4) is 0 Å². The van der Waals surface area contributed by atoms with E-state index >= 15 is 0 Å². The smallest absolute Gasteiger partial charge is 0.343 e. The lowest BCUT2D eigenvalue weighted by molar-refractivity contribution is -0.185. The van der Waals surface area contributed by atoms with Crippen LogP contribution in [0.5, 0.6) is 0 Å². The van der Waals surface area contributed by atoms with Gasteiger partial charge in [0.05, 0.1) is 0 Å². The van der Waals surface area contributed by atoms with Crippen molar-refractivity contribution in [2.24, 2.45) is 17.8 Å². The van der Waals surface area contributed by atoms with Gasteiger partial charge >= 0.3 is 12.1 Å². The Morgan fingerprint density at radius 2 is 1.63 bits per heavy atom. The van der Waals surface area contributed by atoms with E-state index < -0.39 is 12.1 Å². The Morgan fingerprint density at radius 1 is 1.16 bits per heavy atom. The van der Waals surface area contributed by atoms with Gasteiger partial charge in [0.15, 0.2) is 0 Å². The first-order valence-electron chi connectivity index (χ1n) is 6.46. The number of carbonyl (C=O) groups excluding carboxylic acids is 2.